The third-order valence-electron chi connectivity index (χ3n) is 2.70. The lowest BCUT2D eigenvalue weighted by molar-refractivity contribution is 0.00694. The maximum atomic E-state index is 9.23. The van der Waals surface area contributed by atoms with Gasteiger partial charge in [0.15, 0.2) is 0 Å². The summed E-state index contributed by atoms with van der Waals surface area (Å²) in [5.74, 6) is 0. The predicted octanol–water partition coefficient (Wildman–Crippen LogP) is 1.08. The number of hydrogen-bond donors (Lipinski definition) is 1. The molecule has 0 bridgehead atoms. The Hall–Kier alpha value is -0.0800. The van der Waals surface area contributed by atoms with Crippen LogP contribution in [0.5, 0.6) is 0 Å². The van der Waals surface area contributed by atoms with E-state index >= 15 is 0 Å². The molecule has 2 aliphatic rings. The maximum Gasteiger partial charge on any atom is 0.0801 e. The fraction of sp³-hybridized carbons (Fsp3) is 1.00. The van der Waals surface area contributed by atoms with Crippen LogP contribution in [0.3, 0.4) is 0 Å². The zero-order chi connectivity index (χ0) is 7.03. The Labute approximate surface area is 61.2 Å². The van der Waals surface area contributed by atoms with Crippen LogP contribution in [0.1, 0.15) is 32.1 Å². The molecule has 1 heterocycles. The molecule has 2 heteroatoms. The normalized spacial score (nSPS) is 37.5. The Morgan fingerprint density at radius 2 is 2.00 bits per heavy atom. The standard InChI is InChI=1S/C8H14O2/c9-7-5-8(10-6-7)3-1-2-4-8/h7,9H,1-6H2/t7-/m0/s1. The average molecular weight is 142 g/mol. The molecule has 0 aromatic heterocycles. The molecule has 2 rings (SSSR count). The van der Waals surface area contributed by atoms with Gasteiger partial charge in [-0.25, -0.2) is 0 Å². The first-order chi connectivity index (χ1) is 4.81. The minimum absolute atomic E-state index is 0.111. The summed E-state index contributed by atoms with van der Waals surface area (Å²) in [4.78, 5) is 0. The summed E-state index contributed by atoms with van der Waals surface area (Å²) < 4.78 is 5.56. The summed E-state index contributed by atoms with van der Waals surface area (Å²) in [6, 6.07) is 0. The second kappa shape index (κ2) is 2.21. The molecule has 2 nitrogen and oxygen atoms in total. The number of rotatable bonds is 0. The second-order valence-electron chi connectivity index (χ2n) is 3.56. The molecule has 0 aromatic rings. The van der Waals surface area contributed by atoms with Crippen molar-refractivity contribution < 1.29 is 9.84 Å². The minimum Gasteiger partial charge on any atom is -0.391 e. The van der Waals surface area contributed by atoms with Crippen molar-refractivity contribution in [1.82, 2.24) is 0 Å². The molecule has 58 valence electrons. The van der Waals surface area contributed by atoms with Gasteiger partial charge in [0.05, 0.1) is 18.3 Å². The van der Waals surface area contributed by atoms with Crippen LogP contribution in [0.4, 0.5) is 0 Å². The van der Waals surface area contributed by atoms with Gasteiger partial charge >= 0.3 is 0 Å². The fourth-order valence-corrected chi connectivity index (χ4v) is 2.19. The van der Waals surface area contributed by atoms with Crippen molar-refractivity contribution in [2.75, 3.05) is 6.61 Å². The molecular weight excluding hydrogens is 128 g/mol. The van der Waals surface area contributed by atoms with E-state index in [1.54, 1.807) is 0 Å². The van der Waals surface area contributed by atoms with Gasteiger partial charge in [-0.15, -0.1) is 0 Å². The summed E-state index contributed by atoms with van der Waals surface area (Å²) in [6.45, 7) is 0.569. The van der Waals surface area contributed by atoms with Gasteiger partial charge in [0, 0.05) is 6.42 Å². The highest BCUT2D eigenvalue weighted by atomic mass is 16.5. The van der Waals surface area contributed by atoms with E-state index in [0.29, 0.717) is 6.61 Å². The summed E-state index contributed by atoms with van der Waals surface area (Å²) in [5.41, 5.74) is 0.111. The van der Waals surface area contributed by atoms with E-state index in [1.165, 1.54) is 25.7 Å². The predicted molar refractivity (Wildman–Crippen MR) is 37.8 cm³/mol. The van der Waals surface area contributed by atoms with Gasteiger partial charge < -0.3 is 9.84 Å². The number of aliphatic hydroxyl groups excluding tert-OH is 1. The molecule has 1 saturated heterocycles. The first-order valence-corrected chi connectivity index (χ1v) is 4.13. The van der Waals surface area contributed by atoms with Crippen molar-refractivity contribution >= 4 is 0 Å². The van der Waals surface area contributed by atoms with Crippen molar-refractivity contribution in [3.05, 3.63) is 0 Å². The molecule has 1 aliphatic heterocycles. The van der Waals surface area contributed by atoms with E-state index in [1.807, 2.05) is 0 Å². The van der Waals surface area contributed by atoms with Crippen molar-refractivity contribution in [1.29, 1.82) is 0 Å². The molecule has 0 aromatic carbocycles. The van der Waals surface area contributed by atoms with Crippen LogP contribution in [-0.4, -0.2) is 23.4 Å². The monoisotopic (exact) mass is 142 g/mol. The van der Waals surface area contributed by atoms with Crippen molar-refractivity contribution in [2.24, 2.45) is 0 Å². The van der Waals surface area contributed by atoms with Crippen LogP contribution in [0.25, 0.3) is 0 Å². The third-order valence-corrected chi connectivity index (χ3v) is 2.70. The topological polar surface area (TPSA) is 29.5 Å². The quantitative estimate of drug-likeness (QED) is 0.548. The number of ether oxygens (including phenoxy) is 1. The molecule has 1 spiro atoms. The first-order valence-electron chi connectivity index (χ1n) is 4.13. The van der Waals surface area contributed by atoms with E-state index < -0.39 is 0 Å². The van der Waals surface area contributed by atoms with Crippen LogP contribution in [0, 0.1) is 0 Å². The molecule has 10 heavy (non-hydrogen) atoms. The molecular formula is C8H14O2. The van der Waals surface area contributed by atoms with Crippen LogP contribution < -0.4 is 0 Å². The Morgan fingerprint density at radius 1 is 1.30 bits per heavy atom. The Balaban J connectivity index is 2.03. The lowest BCUT2D eigenvalue weighted by Gasteiger charge is -2.20. The summed E-state index contributed by atoms with van der Waals surface area (Å²) in [7, 11) is 0. The highest BCUT2D eigenvalue weighted by Crippen LogP contribution is 2.40. The summed E-state index contributed by atoms with van der Waals surface area (Å²) >= 11 is 0. The number of hydrogen-bond acceptors (Lipinski definition) is 2. The van der Waals surface area contributed by atoms with Crippen molar-refractivity contribution in [3.63, 3.8) is 0 Å². The minimum atomic E-state index is -0.182. The zero-order valence-corrected chi connectivity index (χ0v) is 6.18. The molecule has 0 unspecified atom stereocenters. The SMILES string of the molecule is O[C@@H]1COC2(CCCC2)C1. The maximum absolute atomic E-state index is 9.23. The summed E-state index contributed by atoms with van der Waals surface area (Å²) in [5, 5.41) is 9.23. The number of aliphatic hydroxyl groups is 1. The van der Waals surface area contributed by atoms with Gasteiger partial charge in [0.1, 0.15) is 0 Å². The Kier molecular flexibility index (Phi) is 1.46. The largest absolute Gasteiger partial charge is 0.391 e. The smallest absolute Gasteiger partial charge is 0.0801 e. The molecule has 1 saturated carbocycles. The van der Waals surface area contributed by atoms with Gasteiger partial charge in [0.25, 0.3) is 0 Å². The van der Waals surface area contributed by atoms with Gasteiger partial charge in [-0.2, -0.15) is 0 Å². The highest BCUT2D eigenvalue weighted by Gasteiger charge is 2.41. The lowest BCUT2D eigenvalue weighted by atomic mass is 9.98. The molecule has 0 radical (unpaired) electrons. The van der Waals surface area contributed by atoms with E-state index in [2.05, 4.69) is 0 Å². The van der Waals surface area contributed by atoms with Gasteiger partial charge in [-0.1, -0.05) is 12.8 Å². The van der Waals surface area contributed by atoms with Crippen LogP contribution >= 0.6 is 0 Å². The van der Waals surface area contributed by atoms with Gasteiger partial charge in [0.2, 0.25) is 0 Å². The second-order valence-corrected chi connectivity index (χ2v) is 3.56. The molecule has 2 fully saturated rings. The van der Waals surface area contributed by atoms with Crippen molar-refractivity contribution in [2.45, 2.75) is 43.8 Å². The third kappa shape index (κ3) is 0.956. The Bertz CT molecular complexity index is 127. The fourth-order valence-electron chi connectivity index (χ4n) is 2.19. The lowest BCUT2D eigenvalue weighted by Crippen LogP contribution is -2.23. The van der Waals surface area contributed by atoms with E-state index in [-0.39, 0.29) is 11.7 Å². The molecule has 1 aliphatic carbocycles. The average Bonchev–Trinajstić information content (AvgIpc) is 2.46. The van der Waals surface area contributed by atoms with Crippen LogP contribution in [0.2, 0.25) is 0 Å². The zero-order valence-electron chi connectivity index (χ0n) is 6.18. The molecule has 1 N–H and O–H groups in total. The van der Waals surface area contributed by atoms with E-state index in [9.17, 15) is 5.11 Å². The van der Waals surface area contributed by atoms with E-state index in [0.717, 1.165) is 6.42 Å². The Morgan fingerprint density at radius 3 is 2.50 bits per heavy atom. The van der Waals surface area contributed by atoms with Gasteiger partial charge in [-0.3, -0.25) is 0 Å². The van der Waals surface area contributed by atoms with Gasteiger partial charge in [-0.05, 0) is 12.8 Å². The van der Waals surface area contributed by atoms with Crippen molar-refractivity contribution in [3.8, 4) is 0 Å². The first kappa shape index (κ1) is 6.62. The highest BCUT2D eigenvalue weighted by molar-refractivity contribution is 4.92. The van der Waals surface area contributed by atoms with Crippen LogP contribution in [-0.2, 0) is 4.74 Å². The molecule has 0 amide bonds. The molecule has 1 atom stereocenters. The summed E-state index contributed by atoms with van der Waals surface area (Å²) in [6.07, 6.45) is 5.61. The van der Waals surface area contributed by atoms with Crippen LogP contribution in [0.15, 0.2) is 0 Å². The van der Waals surface area contributed by atoms with E-state index in [4.69, 9.17) is 4.74 Å².